The number of rotatable bonds is 3. The normalized spacial score (nSPS) is 17.2. The second kappa shape index (κ2) is 9.07. The molecule has 5 rings (SSSR count). The molecule has 36 heavy (non-hydrogen) atoms. The number of fused-ring (bicyclic) bond motifs is 2. The first-order valence-corrected chi connectivity index (χ1v) is 12.1. The van der Waals surface area contributed by atoms with Gasteiger partial charge in [0.2, 0.25) is 11.9 Å². The van der Waals surface area contributed by atoms with Gasteiger partial charge in [-0.15, -0.1) is 0 Å². The molecule has 1 aliphatic rings. The molecule has 184 valence electrons. The number of aromatic nitrogens is 4. The fourth-order valence-corrected chi connectivity index (χ4v) is 5.48. The molecule has 2 aromatic heterocycles. The lowest BCUT2D eigenvalue weighted by atomic mass is 9.89. The summed E-state index contributed by atoms with van der Waals surface area (Å²) in [6, 6.07) is 10.9. The number of benzene rings is 2. The van der Waals surface area contributed by atoms with Crippen LogP contribution in [0.4, 0.5) is 17.5 Å². The maximum absolute atomic E-state index is 12.9. The molecular weight excluding hydrogens is 501 g/mol. The first kappa shape index (κ1) is 24.0. The molecule has 0 aliphatic carbocycles. The molecule has 4 aromatic rings. The maximum atomic E-state index is 12.9. The Morgan fingerprint density at radius 1 is 1.14 bits per heavy atom. The minimum absolute atomic E-state index is 0.00631. The van der Waals surface area contributed by atoms with Crippen molar-refractivity contribution in [1.82, 2.24) is 24.4 Å². The van der Waals surface area contributed by atoms with Crippen LogP contribution in [-0.4, -0.2) is 36.4 Å². The van der Waals surface area contributed by atoms with Crippen LogP contribution >= 0.6 is 23.2 Å². The van der Waals surface area contributed by atoms with Gasteiger partial charge in [-0.2, -0.15) is 9.97 Å². The standard InChI is InChI=1S/C25H23Cl2N7O2/c1-12-9-15-10-16(7-8-17(15)13(2)33(12)14(3)35)30-24-29-11-18-22(28)34(25(36)32-23(18)31-24)21-19(26)5-4-6-20(21)27/h4-8,10-13H,9,28H2,1-3H3,(H,30,31,32,36). The molecule has 2 atom stereocenters. The topological polar surface area (TPSA) is 119 Å². The summed E-state index contributed by atoms with van der Waals surface area (Å²) >= 11 is 12.6. The quantitative estimate of drug-likeness (QED) is 0.400. The van der Waals surface area contributed by atoms with Crippen molar-refractivity contribution in [3.05, 3.63) is 74.3 Å². The van der Waals surface area contributed by atoms with Crippen molar-refractivity contribution < 1.29 is 4.79 Å². The van der Waals surface area contributed by atoms with Gasteiger partial charge in [0.15, 0.2) is 5.65 Å². The summed E-state index contributed by atoms with van der Waals surface area (Å²) < 4.78 is 1.15. The predicted octanol–water partition coefficient (Wildman–Crippen LogP) is 4.66. The van der Waals surface area contributed by atoms with Crippen molar-refractivity contribution in [2.24, 2.45) is 0 Å². The van der Waals surface area contributed by atoms with Crippen molar-refractivity contribution in [3.8, 4) is 5.69 Å². The number of carbonyl (C=O) groups excluding carboxylic acids is 1. The molecule has 0 bridgehead atoms. The van der Waals surface area contributed by atoms with E-state index in [1.165, 1.54) is 6.20 Å². The van der Waals surface area contributed by atoms with Crippen LogP contribution in [0.25, 0.3) is 16.7 Å². The van der Waals surface area contributed by atoms with Crippen LogP contribution in [-0.2, 0) is 11.2 Å². The van der Waals surface area contributed by atoms with E-state index < -0.39 is 5.69 Å². The van der Waals surface area contributed by atoms with Gasteiger partial charge in [0.25, 0.3) is 0 Å². The average molecular weight is 524 g/mol. The first-order valence-electron chi connectivity index (χ1n) is 11.3. The van der Waals surface area contributed by atoms with Gasteiger partial charge in [0, 0.05) is 24.8 Å². The Hall–Kier alpha value is -3.69. The van der Waals surface area contributed by atoms with Gasteiger partial charge in [0.05, 0.1) is 27.2 Å². The predicted molar refractivity (Wildman–Crippen MR) is 141 cm³/mol. The lowest BCUT2D eigenvalue weighted by molar-refractivity contribution is -0.133. The summed E-state index contributed by atoms with van der Waals surface area (Å²) in [7, 11) is 0. The van der Waals surface area contributed by atoms with E-state index >= 15 is 0 Å². The molecule has 3 N–H and O–H groups in total. The third-order valence-corrected chi connectivity index (χ3v) is 7.07. The Morgan fingerprint density at radius 3 is 2.56 bits per heavy atom. The summed E-state index contributed by atoms with van der Waals surface area (Å²) in [5, 5.41) is 4.09. The summed E-state index contributed by atoms with van der Waals surface area (Å²) in [4.78, 5) is 39.7. The second-order valence-electron chi connectivity index (χ2n) is 8.81. The molecule has 2 aromatic carbocycles. The van der Waals surface area contributed by atoms with Crippen LogP contribution in [0.15, 0.2) is 47.4 Å². The number of halogens is 2. The lowest BCUT2D eigenvalue weighted by Gasteiger charge is -2.40. The number of hydrogen-bond acceptors (Lipinski definition) is 7. The molecule has 0 spiro atoms. The SMILES string of the molecule is CC(=O)N1C(C)Cc2cc(Nc3ncc4c(N)n(-c5c(Cl)cccc5Cl)c(=O)nc4n3)ccc2C1C. The van der Waals surface area contributed by atoms with Gasteiger partial charge in [0.1, 0.15) is 5.82 Å². The Kier molecular flexibility index (Phi) is 6.05. The Balaban J connectivity index is 1.49. The van der Waals surface area contributed by atoms with E-state index in [0.717, 1.165) is 27.8 Å². The zero-order chi connectivity index (χ0) is 25.7. The third kappa shape index (κ3) is 4.04. The molecule has 0 saturated heterocycles. The summed E-state index contributed by atoms with van der Waals surface area (Å²) in [6.07, 6.45) is 2.25. The van der Waals surface area contributed by atoms with Gasteiger partial charge in [-0.1, -0.05) is 35.3 Å². The number of anilines is 3. The number of nitrogens with two attached hydrogens (primary N) is 1. The smallest absolute Gasteiger partial charge is 0.355 e. The average Bonchev–Trinajstić information content (AvgIpc) is 2.80. The number of carbonyl (C=O) groups is 1. The van der Waals surface area contributed by atoms with Gasteiger partial charge in [-0.05, 0) is 55.7 Å². The lowest BCUT2D eigenvalue weighted by Crippen LogP contribution is -2.43. The minimum Gasteiger partial charge on any atom is -0.384 e. The second-order valence-corrected chi connectivity index (χ2v) is 9.62. The van der Waals surface area contributed by atoms with Crippen molar-refractivity contribution in [2.75, 3.05) is 11.1 Å². The van der Waals surface area contributed by atoms with Crippen LogP contribution < -0.4 is 16.7 Å². The Bertz CT molecular complexity index is 1570. The van der Waals surface area contributed by atoms with E-state index in [1.807, 2.05) is 36.9 Å². The molecule has 1 aliphatic heterocycles. The van der Waals surface area contributed by atoms with Gasteiger partial charge >= 0.3 is 5.69 Å². The van der Waals surface area contributed by atoms with E-state index in [2.05, 4.69) is 20.3 Å². The molecule has 11 heteroatoms. The van der Waals surface area contributed by atoms with Gasteiger partial charge in [-0.25, -0.2) is 14.3 Å². The van der Waals surface area contributed by atoms with E-state index in [1.54, 1.807) is 25.1 Å². The van der Waals surface area contributed by atoms with Gasteiger partial charge < -0.3 is 16.0 Å². The molecule has 3 heterocycles. The number of nitrogens with zero attached hydrogens (tertiary/aromatic N) is 5. The largest absolute Gasteiger partial charge is 0.384 e. The van der Waals surface area contributed by atoms with Crippen LogP contribution in [0, 0.1) is 0 Å². The highest BCUT2D eigenvalue weighted by molar-refractivity contribution is 6.37. The van der Waals surface area contributed by atoms with E-state index in [9.17, 15) is 9.59 Å². The highest BCUT2D eigenvalue weighted by Crippen LogP contribution is 2.35. The van der Waals surface area contributed by atoms with Crippen molar-refractivity contribution >= 4 is 57.6 Å². The number of nitrogen functional groups attached to an aromatic ring is 1. The van der Waals surface area contributed by atoms with E-state index in [-0.39, 0.29) is 51.1 Å². The molecule has 9 nitrogen and oxygen atoms in total. The van der Waals surface area contributed by atoms with Crippen molar-refractivity contribution in [2.45, 2.75) is 39.3 Å². The number of hydrogen-bond donors (Lipinski definition) is 2. The zero-order valence-corrected chi connectivity index (χ0v) is 21.3. The minimum atomic E-state index is -0.661. The summed E-state index contributed by atoms with van der Waals surface area (Å²) in [5.74, 6) is 0.415. The van der Waals surface area contributed by atoms with Crippen LogP contribution in [0.3, 0.4) is 0 Å². The highest BCUT2D eigenvalue weighted by atomic mass is 35.5. The van der Waals surface area contributed by atoms with Gasteiger partial charge in [-0.3, -0.25) is 4.79 Å². The summed E-state index contributed by atoms with van der Waals surface area (Å²) in [6.45, 7) is 5.68. The Morgan fingerprint density at radius 2 is 1.86 bits per heavy atom. The number of nitrogens with one attached hydrogen (secondary N) is 1. The van der Waals surface area contributed by atoms with E-state index in [0.29, 0.717) is 5.39 Å². The number of amides is 1. The fraction of sp³-hybridized carbons (Fsp3) is 0.240. The third-order valence-electron chi connectivity index (χ3n) is 6.46. The fourth-order valence-electron chi connectivity index (χ4n) is 4.91. The molecule has 0 fully saturated rings. The van der Waals surface area contributed by atoms with Crippen LogP contribution in [0.1, 0.15) is 37.9 Å². The summed E-state index contributed by atoms with van der Waals surface area (Å²) in [5.41, 5.74) is 9.09. The monoisotopic (exact) mass is 523 g/mol. The molecule has 2 unspecified atom stereocenters. The van der Waals surface area contributed by atoms with E-state index in [4.69, 9.17) is 28.9 Å². The molecule has 1 amide bonds. The van der Waals surface area contributed by atoms with Crippen molar-refractivity contribution in [1.29, 1.82) is 0 Å². The molecular formula is C25H23Cl2N7O2. The highest BCUT2D eigenvalue weighted by Gasteiger charge is 2.31. The first-order chi connectivity index (χ1) is 17.2. The maximum Gasteiger partial charge on any atom is 0.355 e. The molecule has 0 saturated carbocycles. The molecule has 0 radical (unpaired) electrons. The Labute approximate surface area is 216 Å². The van der Waals surface area contributed by atoms with Crippen LogP contribution in [0.2, 0.25) is 10.0 Å². The van der Waals surface area contributed by atoms with Crippen LogP contribution in [0.5, 0.6) is 0 Å². The zero-order valence-electron chi connectivity index (χ0n) is 19.8. The number of para-hydroxylation sites is 1. The van der Waals surface area contributed by atoms with Crippen molar-refractivity contribution in [3.63, 3.8) is 0 Å².